The molecule has 5 rings (SSSR count). The zero-order valence-corrected chi connectivity index (χ0v) is 27.3. The number of halogens is 7. The number of alkyl halides is 6. The fourth-order valence-electron chi connectivity index (χ4n) is 4.67. The fraction of sp³-hybridized carbons (Fsp3) is 0.152. The fourth-order valence-corrected chi connectivity index (χ4v) is 5.36. The van der Waals surface area contributed by atoms with E-state index in [1.165, 1.54) is 12.1 Å². The monoisotopic (exact) mass is 739 g/mol. The highest BCUT2D eigenvalue weighted by atomic mass is 35.5. The van der Waals surface area contributed by atoms with Crippen LogP contribution in [0.3, 0.4) is 0 Å². The van der Waals surface area contributed by atoms with Crippen molar-refractivity contribution in [2.24, 2.45) is 0 Å². The molecule has 1 aromatic heterocycles. The molecule has 4 aromatic carbocycles. The average Bonchev–Trinajstić information content (AvgIpc) is 3.06. The highest BCUT2D eigenvalue weighted by Crippen LogP contribution is 2.37. The zero-order chi connectivity index (χ0) is 37.0. The Labute approximate surface area is 285 Å². The molecule has 0 saturated carbocycles. The van der Waals surface area contributed by atoms with Crippen molar-refractivity contribution in [1.29, 1.82) is 0 Å². The van der Waals surface area contributed by atoms with Gasteiger partial charge in [-0.2, -0.15) is 31.6 Å². The van der Waals surface area contributed by atoms with Crippen LogP contribution >= 0.6 is 11.6 Å². The molecule has 0 spiro atoms. The summed E-state index contributed by atoms with van der Waals surface area (Å²) in [6.45, 7) is -0.654. The first-order chi connectivity index (χ1) is 23.3. The number of benzene rings is 4. The highest BCUT2D eigenvalue weighted by molar-refractivity contribution is 7.90. The Hall–Kier alpha value is -5.06. The zero-order valence-electron chi connectivity index (χ0n) is 25.8. The molecule has 0 fully saturated rings. The second kappa shape index (κ2) is 14.8. The maximum atomic E-state index is 13.5. The lowest BCUT2D eigenvalue weighted by atomic mass is 9.97. The Balaban J connectivity index is 0.000000435. The largest absolute Gasteiger partial charge is 0.416 e. The third kappa shape index (κ3) is 9.13. The van der Waals surface area contributed by atoms with Gasteiger partial charge in [0.15, 0.2) is 0 Å². The minimum Gasteiger partial charge on any atom is -0.336 e. The van der Waals surface area contributed by atoms with Crippen molar-refractivity contribution >= 4 is 44.1 Å². The van der Waals surface area contributed by atoms with Crippen molar-refractivity contribution in [2.45, 2.75) is 24.1 Å². The lowest BCUT2D eigenvalue weighted by molar-refractivity contribution is -0.182. The summed E-state index contributed by atoms with van der Waals surface area (Å²) < 4.78 is 104. The molecule has 262 valence electrons. The maximum Gasteiger partial charge on any atom is 0.416 e. The van der Waals surface area contributed by atoms with Gasteiger partial charge < -0.3 is 4.90 Å². The van der Waals surface area contributed by atoms with E-state index in [1.54, 1.807) is 42.5 Å². The SMILES string of the molecule is CN(Cc1cc(C(F)(F)F)cc(C(F)(F)F)c1)C(=O)c1nc(S(C)(=O)=O)ncc1-c1cccc2ccccc12.O=C(OO)c1cccc(Cl)c1. The molecule has 0 atom stereocenters. The standard InChI is InChI=1S/C26H19F6N3O3S.C7H5ClO3/c1-35(14-15-10-17(25(27,28)29)12-18(11-15)26(30,31)32)23(36)22-21(13-33-24(34-22)39(2,37)38)20-9-5-7-16-6-3-4-8-19(16)20;8-6-3-1-2-5(4-6)7(9)11-10/h3-13H,14H2,1-2H3;1-4,10H. The Morgan fingerprint density at radius 2 is 1.46 bits per heavy atom. The van der Waals surface area contributed by atoms with Crippen molar-refractivity contribution < 1.29 is 54.5 Å². The van der Waals surface area contributed by atoms with E-state index in [4.69, 9.17) is 16.9 Å². The predicted molar refractivity (Wildman–Crippen MR) is 170 cm³/mol. The van der Waals surface area contributed by atoms with E-state index >= 15 is 0 Å². The molecule has 1 amide bonds. The van der Waals surface area contributed by atoms with Crippen LogP contribution < -0.4 is 0 Å². The van der Waals surface area contributed by atoms with Gasteiger partial charge in [-0.3, -0.25) is 9.68 Å². The number of carbonyl (C=O) groups excluding carboxylic acids is 2. The first-order valence-electron chi connectivity index (χ1n) is 14.0. The van der Waals surface area contributed by atoms with Crippen LogP contribution in [0.1, 0.15) is 37.5 Å². The minimum absolute atomic E-state index is 0.00720. The lowest BCUT2D eigenvalue weighted by Crippen LogP contribution is -2.29. The van der Waals surface area contributed by atoms with E-state index in [0.29, 0.717) is 28.1 Å². The number of hydrogen-bond donors (Lipinski definition) is 1. The summed E-state index contributed by atoms with van der Waals surface area (Å²) in [6, 6.07) is 19.4. The number of fused-ring (bicyclic) bond motifs is 1. The summed E-state index contributed by atoms with van der Waals surface area (Å²) in [5.74, 6) is -1.75. The quantitative estimate of drug-likeness (QED) is 0.0804. The van der Waals surface area contributed by atoms with Gasteiger partial charge in [0.25, 0.3) is 5.91 Å². The third-order valence-electron chi connectivity index (χ3n) is 6.94. The molecular weight excluding hydrogens is 716 g/mol. The maximum absolute atomic E-state index is 13.5. The third-order valence-corrected chi connectivity index (χ3v) is 8.03. The van der Waals surface area contributed by atoms with Gasteiger partial charge >= 0.3 is 18.3 Å². The highest BCUT2D eigenvalue weighted by Gasteiger charge is 2.37. The number of nitrogens with zero attached hydrogens (tertiary/aromatic N) is 3. The van der Waals surface area contributed by atoms with Crippen molar-refractivity contribution in [3.8, 4) is 11.1 Å². The number of aromatic nitrogens is 2. The van der Waals surface area contributed by atoms with Crippen LogP contribution in [0.5, 0.6) is 0 Å². The molecule has 5 aromatic rings. The van der Waals surface area contributed by atoms with E-state index in [1.807, 2.05) is 12.1 Å². The van der Waals surface area contributed by atoms with Crippen LogP contribution in [0.2, 0.25) is 5.02 Å². The summed E-state index contributed by atoms with van der Waals surface area (Å²) in [5.41, 5.74) is -3.03. The molecule has 1 N–H and O–H groups in total. The van der Waals surface area contributed by atoms with Crippen LogP contribution in [-0.2, 0) is 33.6 Å². The summed E-state index contributed by atoms with van der Waals surface area (Å²) in [5, 5.41) is 9.22. The van der Waals surface area contributed by atoms with Gasteiger partial charge in [0.1, 0.15) is 5.69 Å². The molecule has 17 heteroatoms. The lowest BCUT2D eigenvalue weighted by Gasteiger charge is -2.21. The topological polar surface area (TPSA) is 127 Å². The van der Waals surface area contributed by atoms with Crippen molar-refractivity contribution in [3.05, 3.63) is 124 Å². The predicted octanol–water partition coefficient (Wildman–Crippen LogP) is 7.98. The molecule has 0 aliphatic heterocycles. The van der Waals surface area contributed by atoms with Crippen LogP contribution in [0.25, 0.3) is 21.9 Å². The summed E-state index contributed by atoms with van der Waals surface area (Å²) in [4.78, 5) is 36.3. The summed E-state index contributed by atoms with van der Waals surface area (Å²) in [6.07, 6.45) is -8.13. The normalized spacial score (nSPS) is 11.8. The van der Waals surface area contributed by atoms with E-state index < -0.39 is 62.5 Å². The van der Waals surface area contributed by atoms with E-state index in [9.17, 15) is 44.3 Å². The van der Waals surface area contributed by atoms with Gasteiger partial charge in [-0.05, 0) is 58.3 Å². The van der Waals surface area contributed by atoms with E-state index in [-0.39, 0.29) is 22.9 Å². The molecule has 0 unspecified atom stereocenters. The number of sulfone groups is 1. The van der Waals surface area contributed by atoms with Crippen LogP contribution in [0.15, 0.2) is 96.3 Å². The number of rotatable bonds is 6. The van der Waals surface area contributed by atoms with Gasteiger partial charge in [0, 0.05) is 36.6 Å². The first-order valence-corrected chi connectivity index (χ1v) is 16.3. The number of carbonyl (C=O) groups is 2. The Morgan fingerprint density at radius 1 is 0.860 bits per heavy atom. The molecular formula is C33H24ClF6N3O6S. The second-order valence-electron chi connectivity index (χ2n) is 10.7. The molecule has 0 aliphatic rings. The smallest absolute Gasteiger partial charge is 0.336 e. The average molecular weight is 740 g/mol. The van der Waals surface area contributed by atoms with Crippen molar-refractivity contribution in [3.63, 3.8) is 0 Å². The van der Waals surface area contributed by atoms with Gasteiger partial charge in [-0.1, -0.05) is 60.1 Å². The van der Waals surface area contributed by atoms with Gasteiger partial charge in [-0.25, -0.2) is 23.2 Å². The van der Waals surface area contributed by atoms with Crippen LogP contribution in [0, 0.1) is 0 Å². The summed E-state index contributed by atoms with van der Waals surface area (Å²) >= 11 is 5.56. The molecule has 0 bridgehead atoms. The second-order valence-corrected chi connectivity index (χ2v) is 13.0. The van der Waals surface area contributed by atoms with Crippen molar-refractivity contribution in [2.75, 3.05) is 13.3 Å². The molecule has 1 heterocycles. The van der Waals surface area contributed by atoms with Crippen LogP contribution in [-0.4, -0.2) is 53.7 Å². The van der Waals surface area contributed by atoms with Crippen molar-refractivity contribution in [1.82, 2.24) is 14.9 Å². The molecule has 50 heavy (non-hydrogen) atoms. The van der Waals surface area contributed by atoms with Gasteiger partial charge in [0.05, 0.1) is 16.7 Å². The minimum atomic E-state index is -5.06. The molecule has 0 aliphatic carbocycles. The molecule has 0 radical (unpaired) electrons. The number of hydrogen-bond acceptors (Lipinski definition) is 8. The number of amides is 1. The van der Waals surface area contributed by atoms with Gasteiger partial charge in [0.2, 0.25) is 15.0 Å². The van der Waals surface area contributed by atoms with Gasteiger partial charge in [-0.15, -0.1) is 0 Å². The van der Waals surface area contributed by atoms with E-state index in [0.717, 1.165) is 29.8 Å². The molecule has 0 saturated heterocycles. The molecule has 9 nitrogen and oxygen atoms in total. The van der Waals surface area contributed by atoms with Crippen LogP contribution in [0.4, 0.5) is 26.3 Å². The Kier molecular flexibility index (Phi) is 11.2. The first kappa shape index (κ1) is 37.8. The van der Waals surface area contributed by atoms with E-state index in [2.05, 4.69) is 14.9 Å². The Morgan fingerprint density at radius 3 is 2.04 bits per heavy atom. The Bertz CT molecular complexity index is 2140. The summed E-state index contributed by atoms with van der Waals surface area (Å²) in [7, 11) is -2.81.